The quantitative estimate of drug-likeness (QED) is 0.535. The molecule has 3 rings (SSSR count). The van der Waals surface area contributed by atoms with Crippen LogP contribution in [-0.2, 0) is 6.18 Å². The molecule has 0 amide bonds. The van der Waals surface area contributed by atoms with Crippen LogP contribution in [0.3, 0.4) is 0 Å². The van der Waals surface area contributed by atoms with Gasteiger partial charge in [0.15, 0.2) is 0 Å². The SMILES string of the molecule is O=[N+]([O-])c1c(Oc2cccc(C(F)(F)F)c2)nc2sccn12. The van der Waals surface area contributed by atoms with Crippen molar-refractivity contribution in [3.05, 3.63) is 51.5 Å². The molecular formula is C12H6F3N3O3S. The number of alkyl halides is 3. The van der Waals surface area contributed by atoms with Crippen LogP contribution in [0.2, 0.25) is 0 Å². The van der Waals surface area contributed by atoms with Crippen molar-refractivity contribution in [1.82, 2.24) is 9.38 Å². The van der Waals surface area contributed by atoms with Crippen LogP contribution < -0.4 is 4.74 Å². The monoisotopic (exact) mass is 329 g/mol. The van der Waals surface area contributed by atoms with Crippen molar-refractivity contribution < 1.29 is 22.8 Å². The standard InChI is InChI=1S/C12H6F3N3O3S/c13-12(14,15)7-2-1-3-8(6-7)21-9-10(18(19)20)17-4-5-22-11(17)16-9/h1-6H. The molecule has 1 aromatic carbocycles. The van der Waals surface area contributed by atoms with Gasteiger partial charge in [-0.05, 0) is 23.1 Å². The first-order valence-electron chi connectivity index (χ1n) is 5.81. The number of hydrogen-bond donors (Lipinski definition) is 0. The number of imidazole rings is 1. The molecule has 0 atom stereocenters. The van der Waals surface area contributed by atoms with Gasteiger partial charge in [0.2, 0.25) is 0 Å². The number of nitrogens with zero attached hydrogens (tertiary/aromatic N) is 3. The van der Waals surface area contributed by atoms with Crippen molar-refractivity contribution in [3.8, 4) is 11.6 Å². The van der Waals surface area contributed by atoms with E-state index >= 15 is 0 Å². The summed E-state index contributed by atoms with van der Waals surface area (Å²) in [6.45, 7) is 0. The summed E-state index contributed by atoms with van der Waals surface area (Å²) in [7, 11) is 0. The second-order valence-corrected chi connectivity index (χ2v) is 5.05. The summed E-state index contributed by atoms with van der Waals surface area (Å²) >= 11 is 1.15. The summed E-state index contributed by atoms with van der Waals surface area (Å²) in [5.41, 5.74) is -0.909. The smallest absolute Gasteiger partial charge is 0.416 e. The maximum absolute atomic E-state index is 12.7. The van der Waals surface area contributed by atoms with Gasteiger partial charge in [-0.2, -0.15) is 22.6 Å². The molecule has 0 saturated carbocycles. The van der Waals surface area contributed by atoms with E-state index in [0.717, 1.165) is 29.5 Å². The van der Waals surface area contributed by atoms with Gasteiger partial charge < -0.3 is 14.9 Å². The number of halogens is 3. The molecule has 2 aromatic heterocycles. The third-order valence-electron chi connectivity index (χ3n) is 2.75. The minimum absolute atomic E-state index is 0.177. The molecule has 3 aromatic rings. The fraction of sp³-hybridized carbons (Fsp3) is 0.0833. The maximum atomic E-state index is 12.7. The van der Waals surface area contributed by atoms with Gasteiger partial charge in [0, 0.05) is 5.38 Å². The first-order chi connectivity index (χ1) is 10.4. The van der Waals surface area contributed by atoms with Gasteiger partial charge in [-0.15, -0.1) is 0 Å². The predicted molar refractivity (Wildman–Crippen MR) is 71.2 cm³/mol. The molecule has 0 aliphatic rings. The molecule has 2 heterocycles. The van der Waals surface area contributed by atoms with Crippen LogP contribution in [0.15, 0.2) is 35.8 Å². The number of aromatic nitrogens is 2. The molecule has 0 saturated heterocycles. The minimum Gasteiger partial charge on any atom is -0.432 e. The highest BCUT2D eigenvalue weighted by atomic mass is 32.1. The van der Waals surface area contributed by atoms with E-state index in [1.807, 2.05) is 0 Å². The first-order valence-corrected chi connectivity index (χ1v) is 6.69. The van der Waals surface area contributed by atoms with Crippen molar-refractivity contribution in [2.75, 3.05) is 0 Å². The summed E-state index contributed by atoms with van der Waals surface area (Å²) in [4.78, 5) is 14.6. The van der Waals surface area contributed by atoms with Gasteiger partial charge in [-0.3, -0.25) is 0 Å². The lowest BCUT2D eigenvalue weighted by atomic mass is 10.2. The zero-order chi connectivity index (χ0) is 15.9. The highest BCUT2D eigenvalue weighted by Crippen LogP contribution is 2.36. The predicted octanol–water partition coefficient (Wildman–Crippen LogP) is 4.12. The third kappa shape index (κ3) is 2.48. The van der Waals surface area contributed by atoms with Crippen LogP contribution in [0, 0.1) is 10.1 Å². The lowest BCUT2D eigenvalue weighted by Gasteiger charge is -2.08. The van der Waals surface area contributed by atoms with E-state index in [4.69, 9.17) is 4.74 Å². The molecular weight excluding hydrogens is 323 g/mol. The van der Waals surface area contributed by atoms with E-state index in [-0.39, 0.29) is 11.6 Å². The van der Waals surface area contributed by atoms with Gasteiger partial charge in [-0.1, -0.05) is 17.4 Å². The Morgan fingerprint density at radius 2 is 2.14 bits per heavy atom. The molecule has 6 nitrogen and oxygen atoms in total. The van der Waals surface area contributed by atoms with Gasteiger partial charge in [-0.25, -0.2) is 0 Å². The van der Waals surface area contributed by atoms with Gasteiger partial charge >= 0.3 is 17.9 Å². The Hall–Kier alpha value is -2.62. The normalized spacial score (nSPS) is 11.8. The Labute approximate surface area is 124 Å². The topological polar surface area (TPSA) is 69.7 Å². The van der Waals surface area contributed by atoms with Crippen LogP contribution in [0.4, 0.5) is 19.0 Å². The highest BCUT2D eigenvalue weighted by Gasteiger charge is 2.31. The summed E-state index contributed by atoms with van der Waals surface area (Å²) in [6, 6.07) is 4.07. The van der Waals surface area contributed by atoms with E-state index in [9.17, 15) is 23.3 Å². The number of ether oxygens (including phenoxy) is 1. The van der Waals surface area contributed by atoms with E-state index in [1.165, 1.54) is 16.7 Å². The van der Waals surface area contributed by atoms with Crippen molar-refractivity contribution in [3.63, 3.8) is 0 Å². The van der Waals surface area contributed by atoms with Crippen LogP contribution in [0.25, 0.3) is 4.96 Å². The van der Waals surface area contributed by atoms with Crippen molar-refractivity contribution in [2.24, 2.45) is 0 Å². The highest BCUT2D eigenvalue weighted by molar-refractivity contribution is 7.15. The van der Waals surface area contributed by atoms with Crippen LogP contribution in [0.5, 0.6) is 11.6 Å². The molecule has 0 fully saturated rings. The second kappa shape index (κ2) is 4.98. The largest absolute Gasteiger partial charge is 0.432 e. The summed E-state index contributed by atoms with van der Waals surface area (Å²) in [6.07, 6.45) is -3.09. The van der Waals surface area contributed by atoms with E-state index < -0.39 is 22.5 Å². The van der Waals surface area contributed by atoms with E-state index in [1.54, 1.807) is 5.38 Å². The molecule has 0 aliphatic carbocycles. The fourth-order valence-corrected chi connectivity index (χ4v) is 2.54. The second-order valence-electron chi connectivity index (χ2n) is 4.18. The van der Waals surface area contributed by atoms with Gasteiger partial charge in [0.25, 0.3) is 4.96 Å². The van der Waals surface area contributed by atoms with E-state index in [2.05, 4.69) is 4.98 Å². The summed E-state index contributed by atoms with van der Waals surface area (Å²) < 4.78 is 44.3. The number of benzene rings is 1. The Balaban J connectivity index is 2.02. The number of fused-ring (bicyclic) bond motifs is 1. The fourth-order valence-electron chi connectivity index (χ4n) is 1.84. The lowest BCUT2D eigenvalue weighted by Crippen LogP contribution is -2.04. The molecule has 114 valence electrons. The van der Waals surface area contributed by atoms with Crippen LogP contribution >= 0.6 is 11.3 Å². The molecule has 0 spiro atoms. The zero-order valence-corrected chi connectivity index (χ0v) is 11.4. The molecule has 22 heavy (non-hydrogen) atoms. The Morgan fingerprint density at radius 3 is 2.82 bits per heavy atom. The molecule has 10 heteroatoms. The average Bonchev–Trinajstić information content (AvgIpc) is 2.97. The van der Waals surface area contributed by atoms with Crippen molar-refractivity contribution >= 4 is 22.1 Å². The maximum Gasteiger partial charge on any atom is 0.416 e. The number of hydrogen-bond acceptors (Lipinski definition) is 5. The Kier molecular flexibility index (Phi) is 3.24. The third-order valence-corrected chi connectivity index (χ3v) is 3.51. The lowest BCUT2D eigenvalue weighted by molar-refractivity contribution is -0.391. The average molecular weight is 329 g/mol. The molecule has 0 aliphatic heterocycles. The Bertz CT molecular complexity index is 856. The molecule has 0 unspecified atom stereocenters. The van der Waals surface area contributed by atoms with Crippen LogP contribution in [-0.4, -0.2) is 14.3 Å². The minimum atomic E-state index is -4.53. The number of rotatable bonds is 3. The first kappa shape index (κ1) is 14.3. The molecule has 0 bridgehead atoms. The van der Waals surface area contributed by atoms with Gasteiger partial charge in [0.05, 0.1) is 5.56 Å². The summed E-state index contributed by atoms with van der Waals surface area (Å²) in [5, 5.41) is 12.7. The van der Waals surface area contributed by atoms with E-state index in [0.29, 0.717) is 4.96 Å². The number of nitro groups is 1. The van der Waals surface area contributed by atoms with Crippen molar-refractivity contribution in [2.45, 2.75) is 6.18 Å². The van der Waals surface area contributed by atoms with Crippen LogP contribution in [0.1, 0.15) is 5.56 Å². The van der Waals surface area contributed by atoms with Crippen molar-refractivity contribution in [1.29, 1.82) is 0 Å². The number of thiazole rings is 1. The Morgan fingerprint density at radius 1 is 1.36 bits per heavy atom. The van der Waals surface area contributed by atoms with Gasteiger partial charge in [0.1, 0.15) is 11.9 Å². The molecule has 0 radical (unpaired) electrons. The zero-order valence-electron chi connectivity index (χ0n) is 10.6. The molecule has 0 N–H and O–H groups in total. The summed E-state index contributed by atoms with van der Waals surface area (Å²) in [5.74, 6) is -0.964.